The Morgan fingerprint density at radius 2 is 0.632 bits per heavy atom. The molecule has 0 aliphatic carbocycles. The van der Waals surface area contributed by atoms with Crippen molar-refractivity contribution in [3.8, 4) is 54.5 Å². The molecule has 0 amide bonds. The second-order valence-electron chi connectivity index (χ2n) is 21.3. The number of halogens is 12. The van der Waals surface area contributed by atoms with E-state index in [2.05, 4.69) is 45.5 Å². The molecule has 15 aromatic rings. The van der Waals surface area contributed by atoms with Gasteiger partial charge in [-0.1, -0.05) is 133 Å². The fourth-order valence-corrected chi connectivity index (χ4v) is 13.5. The van der Waals surface area contributed by atoms with Crippen molar-refractivity contribution < 1.29 is 52.7 Å². The first kappa shape index (κ1) is 53.7. The molecular formula is C70H36F12N4S. The molecule has 15 rings (SSSR count). The largest absolute Gasteiger partial charge is 0.417 e. The number of aromatic nitrogens is 4. The normalized spacial score (nSPS) is 12.8. The highest BCUT2D eigenvalue weighted by molar-refractivity contribution is 7.21. The summed E-state index contributed by atoms with van der Waals surface area (Å²) in [7, 11) is 0. The molecule has 0 atom stereocenters. The smallest absolute Gasteiger partial charge is 0.309 e. The Kier molecular flexibility index (Phi) is 11.9. The van der Waals surface area contributed by atoms with Crippen molar-refractivity contribution in [2.24, 2.45) is 0 Å². The summed E-state index contributed by atoms with van der Waals surface area (Å²) in [5, 5.41) is 4.71. The van der Waals surface area contributed by atoms with Gasteiger partial charge in [0.25, 0.3) is 0 Å². The second kappa shape index (κ2) is 19.3. The molecule has 17 heteroatoms. The number of rotatable bonds is 6. The fourth-order valence-electron chi connectivity index (χ4n) is 12.3. The fraction of sp³-hybridized carbons (Fsp3) is 0.0571. The first-order valence-corrected chi connectivity index (χ1v) is 27.9. The summed E-state index contributed by atoms with van der Waals surface area (Å²) in [5.74, 6) is 0. The van der Waals surface area contributed by atoms with Crippen LogP contribution in [0.4, 0.5) is 52.7 Å². The Hall–Kier alpha value is -10.0. The zero-order valence-electron chi connectivity index (χ0n) is 44.5. The Balaban J connectivity index is 1.05. The topological polar surface area (TPSA) is 35.6 Å². The van der Waals surface area contributed by atoms with Crippen LogP contribution in [0.5, 0.6) is 0 Å². The molecule has 0 unspecified atom stereocenters. The van der Waals surface area contributed by atoms with Gasteiger partial charge in [-0.25, -0.2) is 9.97 Å². The highest BCUT2D eigenvalue weighted by Gasteiger charge is 2.40. The van der Waals surface area contributed by atoms with Crippen LogP contribution in [0, 0.1) is 0 Å². The van der Waals surface area contributed by atoms with E-state index in [-0.39, 0.29) is 55.8 Å². The van der Waals surface area contributed by atoms with Gasteiger partial charge in [-0.2, -0.15) is 52.7 Å². The average molecular weight is 1190 g/mol. The lowest BCUT2D eigenvalue weighted by atomic mass is 9.90. The molecule has 11 aromatic carbocycles. The number of alkyl halides is 12. The van der Waals surface area contributed by atoms with E-state index < -0.39 is 58.1 Å². The van der Waals surface area contributed by atoms with Crippen LogP contribution in [-0.4, -0.2) is 19.1 Å². The van der Waals surface area contributed by atoms with E-state index in [0.29, 0.717) is 45.1 Å². The summed E-state index contributed by atoms with van der Waals surface area (Å²) in [6.07, 6.45) is -20.8. The predicted octanol–water partition coefficient (Wildman–Crippen LogP) is 22.1. The molecule has 0 spiro atoms. The average Bonchev–Trinajstić information content (AvgIpc) is 1.74. The zero-order valence-corrected chi connectivity index (χ0v) is 45.3. The number of hydrogen-bond donors (Lipinski definition) is 0. The number of thiophene rings is 1. The zero-order chi connectivity index (χ0) is 60.1. The van der Waals surface area contributed by atoms with Gasteiger partial charge >= 0.3 is 24.7 Å². The van der Waals surface area contributed by atoms with Crippen LogP contribution in [-0.2, 0) is 24.7 Å². The number of nitrogens with zero attached hydrogens (tertiary/aromatic N) is 4. The van der Waals surface area contributed by atoms with Crippen LogP contribution in [0.3, 0.4) is 0 Å². The number of para-hydroxylation sites is 4. The van der Waals surface area contributed by atoms with E-state index in [4.69, 9.17) is 9.97 Å². The summed E-state index contributed by atoms with van der Waals surface area (Å²) >= 11 is 1.43. The molecule has 87 heavy (non-hydrogen) atoms. The SMILES string of the molecule is FC(F)(F)c1ccc(-c2ccc3c(c2)c2cc(-c4ccc(C(F)(F)F)cc4C(F)(F)F)ccc2c2nc4c(-c5ccc6c7ccccc7n(-c7ccccc7)c6c5)sc(-c5ccc6c7ccccc7n(-c7ccccc7)c6c5)c4nc32)c(C(F)(F)F)c1. The summed E-state index contributed by atoms with van der Waals surface area (Å²) in [4.78, 5) is 12.3. The Morgan fingerprint density at radius 3 is 1.02 bits per heavy atom. The highest BCUT2D eigenvalue weighted by Crippen LogP contribution is 2.50. The molecule has 0 radical (unpaired) electrons. The maximum absolute atomic E-state index is 14.9. The van der Waals surface area contributed by atoms with Crippen molar-refractivity contribution in [3.05, 3.63) is 241 Å². The summed E-state index contributed by atoms with van der Waals surface area (Å²) in [5.41, 5.74) is 0.440. The number of hydrogen-bond acceptors (Lipinski definition) is 3. The first-order valence-electron chi connectivity index (χ1n) is 27.1. The lowest BCUT2D eigenvalue weighted by molar-refractivity contribution is -0.144. The van der Waals surface area contributed by atoms with E-state index in [9.17, 15) is 52.7 Å². The van der Waals surface area contributed by atoms with Crippen molar-refractivity contribution in [1.29, 1.82) is 0 Å². The van der Waals surface area contributed by atoms with Crippen LogP contribution < -0.4 is 0 Å². The number of benzene rings is 11. The molecule has 0 saturated carbocycles. The van der Waals surface area contributed by atoms with Crippen LogP contribution in [0.1, 0.15) is 22.3 Å². The third-order valence-corrected chi connectivity index (χ3v) is 17.5. The van der Waals surface area contributed by atoms with Gasteiger partial charge in [0.15, 0.2) is 0 Å². The molecule has 0 N–H and O–H groups in total. The van der Waals surface area contributed by atoms with Gasteiger partial charge in [0, 0.05) is 43.7 Å². The van der Waals surface area contributed by atoms with Gasteiger partial charge in [-0.3, -0.25) is 0 Å². The van der Waals surface area contributed by atoms with E-state index in [1.165, 1.54) is 47.7 Å². The molecular weight excluding hydrogens is 1160 g/mol. The maximum Gasteiger partial charge on any atom is 0.417 e. The van der Waals surface area contributed by atoms with Crippen LogP contribution in [0.2, 0.25) is 0 Å². The third-order valence-electron chi connectivity index (χ3n) is 16.2. The van der Waals surface area contributed by atoms with Crippen LogP contribution >= 0.6 is 11.3 Å². The highest BCUT2D eigenvalue weighted by atomic mass is 32.1. The molecule has 4 nitrogen and oxygen atoms in total. The lowest BCUT2D eigenvalue weighted by Gasteiger charge is -2.18. The van der Waals surface area contributed by atoms with Crippen molar-refractivity contribution in [2.75, 3.05) is 0 Å². The van der Waals surface area contributed by atoms with Gasteiger partial charge in [0.05, 0.1) is 65.1 Å². The summed E-state index contributed by atoms with van der Waals surface area (Å²) < 4.78 is 178. The van der Waals surface area contributed by atoms with Crippen molar-refractivity contribution in [3.63, 3.8) is 0 Å². The summed E-state index contributed by atoms with van der Waals surface area (Å²) in [6.45, 7) is 0. The minimum atomic E-state index is -5.29. The molecule has 0 bridgehead atoms. The minimum absolute atomic E-state index is 0.0209. The Labute approximate surface area is 488 Å². The van der Waals surface area contributed by atoms with Gasteiger partial charge in [-0.05, 0) is 129 Å². The van der Waals surface area contributed by atoms with Gasteiger partial charge in [-0.15, -0.1) is 11.3 Å². The second-order valence-corrected chi connectivity index (χ2v) is 22.3. The quantitative estimate of drug-likeness (QED) is 0.123. The van der Waals surface area contributed by atoms with E-state index in [1.54, 1.807) is 0 Å². The standard InChI is InChI=1S/C70H36F12N4S/c71-67(72,73)41-23-29-45(55(35-41)69(77,78)79)37-19-27-51-53(31-37)54-32-38(46-30-24-42(68(74,75)76)36-56(46)70(80,81)82)20-28-52(54)62-61(51)83-63-64(84-62)66(40-22-26-50-48-16-8-10-18-58(48)86(60(50)34-40)44-13-5-2-6-14-44)87-65(63)39-21-25-49-47-15-7-9-17-57(47)85(59(49)33-39)43-11-3-1-4-12-43/h1-36H. The van der Waals surface area contributed by atoms with Crippen molar-refractivity contribution >= 4 is 98.6 Å². The van der Waals surface area contributed by atoms with Crippen molar-refractivity contribution in [1.82, 2.24) is 19.1 Å². The van der Waals surface area contributed by atoms with Gasteiger partial charge in [0.1, 0.15) is 11.0 Å². The molecule has 4 heterocycles. The Bertz CT molecular complexity index is 5010. The third kappa shape index (κ3) is 8.76. The molecule has 0 aliphatic heterocycles. The summed E-state index contributed by atoms with van der Waals surface area (Å²) in [6, 6.07) is 58.8. The van der Waals surface area contributed by atoms with Crippen LogP contribution in [0.15, 0.2) is 218 Å². The molecule has 0 aliphatic rings. The van der Waals surface area contributed by atoms with E-state index in [1.807, 2.05) is 109 Å². The Morgan fingerprint density at radius 1 is 0.276 bits per heavy atom. The first-order chi connectivity index (χ1) is 41.7. The molecule has 0 saturated heterocycles. The monoisotopic (exact) mass is 1190 g/mol. The van der Waals surface area contributed by atoms with Gasteiger partial charge in [0.2, 0.25) is 0 Å². The molecule has 426 valence electrons. The minimum Gasteiger partial charge on any atom is -0.309 e. The molecule has 4 aromatic heterocycles. The van der Waals surface area contributed by atoms with Crippen molar-refractivity contribution in [2.45, 2.75) is 24.7 Å². The lowest BCUT2D eigenvalue weighted by Crippen LogP contribution is -2.12. The maximum atomic E-state index is 14.9. The number of fused-ring (bicyclic) bond motifs is 13. The van der Waals surface area contributed by atoms with Gasteiger partial charge < -0.3 is 9.13 Å². The molecule has 0 fully saturated rings. The predicted molar refractivity (Wildman–Crippen MR) is 320 cm³/mol. The van der Waals surface area contributed by atoms with E-state index in [0.717, 1.165) is 66.1 Å². The van der Waals surface area contributed by atoms with E-state index >= 15 is 0 Å². The van der Waals surface area contributed by atoms with Crippen LogP contribution in [0.25, 0.3) is 142 Å².